The second kappa shape index (κ2) is 9.59. The summed E-state index contributed by atoms with van der Waals surface area (Å²) in [5.74, 6) is 0. The maximum Gasteiger partial charge on any atom is 0 e. The third kappa shape index (κ3) is 73.7. The van der Waals surface area contributed by atoms with Crippen molar-refractivity contribution in [1.29, 1.82) is 0 Å². The van der Waals surface area contributed by atoms with Crippen LogP contribution in [0.25, 0.3) is 0 Å². The van der Waals surface area contributed by atoms with Gasteiger partial charge in [0.15, 0.2) is 0 Å². The molecule has 0 saturated heterocycles. The van der Waals surface area contributed by atoms with E-state index in [1.54, 1.807) is 0 Å². The Morgan fingerprint density at radius 1 is 0.875 bits per heavy atom. The molecule has 0 aromatic carbocycles. The average molecular weight is 285 g/mol. The molecule has 1 atom stereocenters. The van der Waals surface area contributed by atoms with Gasteiger partial charge in [0.2, 0.25) is 0 Å². The summed E-state index contributed by atoms with van der Waals surface area (Å²) in [7, 11) is -4.61. The van der Waals surface area contributed by atoms with Crippen molar-refractivity contribution in [3.05, 3.63) is 0 Å². The SMILES string of the molecule is O[Si](O)(O)O.P.[SrH2].[Zn]. The average Bonchev–Trinajstić information content (AvgIpc) is 0.722. The van der Waals surface area contributed by atoms with Crippen LogP contribution in [0.15, 0.2) is 0 Å². The molecule has 1 unspecified atom stereocenters. The smallest absolute Gasteiger partial charge is 0 e. The molecule has 0 saturated carbocycles. The Morgan fingerprint density at radius 3 is 0.875 bits per heavy atom. The molecule has 4 nitrogen and oxygen atoms in total. The van der Waals surface area contributed by atoms with Gasteiger partial charge < -0.3 is 19.2 Å². The molecule has 0 radical (unpaired) electrons. The fraction of sp³-hybridized carbons (Fsp3) is 0. The van der Waals surface area contributed by atoms with Crippen LogP contribution in [0, 0.1) is 0 Å². The largest absolute Gasteiger partial charge is 0 e. The maximum atomic E-state index is 7.33. The molecule has 0 amide bonds. The van der Waals surface area contributed by atoms with Crippen molar-refractivity contribution in [2.24, 2.45) is 0 Å². The Hall–Kier alpha value is 2.59. The Labute approximate surface area is 101 Å². The zero-order valence-corrected chi connectivity index (χ0v) is 9.08. The second-order valence-electron chi connectivity index (χ2n) is 0.600. The van der Waals surface area contributed by atoms with E-state index in [0.717, 1.165) is 0 Å². The minimum Gasteiger partial charge on any atom is 0 e. The van der Waals surface area contributed by atoms with Gasteiger partial charge in [0, 0.05) is 19.5 Å². The molecule has 8 heteroatoms. The Balaban J connectivity index is -0.0000000267. The molecule has 0 aliphatic heterocycles. The van der Waals surface area contributed by atoms with Crippen molar-refractivity contribution in [3.8, 4) is 0 Å². The van der Waals surface area contributed by atoms with Crippen molar-refractivity contribution in [1.82, 2.24) is 0 Å². The van der Waals surface area contributed by atoms with Gasteiger partial charge in [0.1, 0.15) is 0 Å². The zero-order valence-electron chi connectivity index (χ0n) is 3.70. The van der Waals surface area contributed by atoms with Crippen molar-refractivity contribution in [2.45, 2.75) is 0 Å². The molecule has 8 heavy (non-hydrogen) atoms. The molecule has 0 aliphatic rings. The summed E-state index contributed by atoms with van der Waals surface area (Å²) >= 11 is 0. The summed E-state index contributed by atoms with van der Waals surface area (Å²) in [6.07, 6.45) is 0. The van der Waals surface area contributed by atoms with Crippen LogP contribution in [0.1, 0.15) is 0 Å². The number of rotatable bonds is 0. The summed E-state index contributed by atoms with van der Waals surface area (Å²) in [4.78, 5) is 29.3. The van der Waals surface area contributed by atoms with Crippen molar-refractivity contribution in [3.63, 3.8) is 0 Å². The Kier molecular flexibility index (Phi) is 26.9. The van der Waals surface area contributed by atoms with Crippen LogP contribution in [0.5, 0.6) is 0 Å². The zero-order chi connectivity index (χ0) is 4.50. The number of hydrogen-bond donors (Lipinski definition) is 4. The minimum absolute atomic E-state index is 0. The first-order valence-electron chi connectivity index (χ1n) is 0.894. The van der Waals surface area contributed by atoms with E-state index in [4.69, 9.17) is 19.2 Å². The number of hydrogen-bond acceptors (Lipinski definition) is 4. The summed E-state index contributed by atoms with van der Waals surface area (Å²) in [6, 6.07) is 0. The van der Waals surface area contributed by atoms with E-state index in [2.05, 4.69) is 0 Å². The van der Waals surface area contributed by atoms with Crippen LogP contribution >= 0.6 is 9.90 Å². The summed E-state index contributed by atoms with van der Waals surface area (Å²) in [5, 5.41) is 0. The van der Waals surface area contributed by atoms with Gasteiger partial charge in [-0.3, -0.25) is 0 Å². The quantitative estimate of drug-likeness (QED) is 0.275. The van der Waals surface area contributed by atoms with Gasteiger partial charge in [-0.05, 0) is 0 Å². The fourth-order valence-corrected chi connectivity index (χ4v) is 0. The van der Waals surface area contributed by atoms with Crippen LogP contribution in [-0.4, -0.2) is 73.7 Å². The monoisotopic (exact) mass is 284 g/mol. The van der Waals surface area contributed by atoms with E-state index in [1.165, 1.54) is 0 Å². The summed E-state index contributed by atoms with van der Waals surface area (Å²) in [5.41, 5.74) is 0. The molecule has 4 N–H and O–H groups in total. The molecule has 0 heterocycles. The topological polar surface area (TPSA) is 80.9 Å². The summed E-state index contributed by atoms with van der Waals surface area (Å²) in [6.45, 7) is 0. The first-order valence-corrected chi connectivity index (χ1v) is 2.68. The molecule has 0 bridgehead atoms. The van der Waals surface area contributed by atoms with Crippen LogP contribution < -0.4 is 0 Å². The van der Waals surface area contributed by atoms with Crippen LogP contribution in [0.4, 0.5) is 0 Å². The molecule has 46 valence electrons. The van der Waals surface area contributed by atoms with Gasteiger partial charge in [-0.15, -0.1) is 0 Å². The van der Waals surface area contributed by atoms with E-state index in [9.17, 15) is 0 Å². The van der Waals surface area contributed by atoms with E-state index < -0.39 is 9.05 Å². The minimum atomic E-state index is -4.61. The van der Waals surface area contributed by atoms with E-state index >= 15 is 0 Å². The third-order valence-corrected chi connectivity index (χ3v) is 0. The molecular formula is H9O4PSiSrZn. The molecule has 0 fully saturated rings. The molecule has 0 rings (SSSR count). The molecule has 0 spiro atoms. The van der Waals surface area contributed by atoms with Crippen LogP contribution in [0.2, 0.25) is 0 Å². The first kappa shape index (κ1) is 22.4. The van der Waals surface area contributed by atoms with Gasteiger partial charge >= 0.3 is 54.5 Å². The van der Waals surface area contributed by atoms with Gasteiger partial charge in [0.25, 0.3) is 0 Å². The molecule has 0 aliphatic carbocycles. The third-order valence-electron chi connectivity index (χ3n) is 0. The van der Waals surface area contributed by atoms with E-state index in [-0.39, 0.29) is 74.9 Å². The van der Waals surface area contributed by atoms with E-state index in [0.29, 0.717) is 0 Å². The predicted octanol–water partition coefficient (Wildman–Crippen LogP) is -3.47. The van der Waals surface area contributed by atoms with Crippen molar-refractivity contribution < 1.29 is 38.7 Å². The fourth-order valence-electron chi connectivity index (χ4n) is 0. The Morgan fingerprint density at radius 2 is 0.875 bits per heavy atom. The Bertz CT molecular complexity index is 31.5. The molecule has 0 aromatic heterocycles. The standard InChI is InChI=1S/H4O4Si.H3P.Sr.Zn.2H/c1-5(2,3)4;;;;;/h1-4H;1H3;;;;. The van der Waals surface area contributed by atoms with Gasteiger partial charge in [-0.1, -0.05) is 0 Å². The van der Waals surface area contributed by atoms with Gasteiger partial charge in [0.05, 0.1) is 0 Å². The van der Waals surface area contributed by atoms with Gasteiger partial charge in [-0.25, -0.2) is 0 Å². The molecule has 0 aromatic rings. The van der Waals surface area contributed by atoms with Crippen LogP contribution in [0.3, 0.4) is 0 Å². The summed E-state index contributed by atoms with van der Waals surface area (Å²) < 4.78 is 0. The van der Waals surface area contributed by atoms with E-state index in [1.807, 2.05) is 0 Å². The normalized spacial score (nSPS) is 7.50. The first-order chi connectivity index (χ1) is 2.00. The predicted molar refractivity (Wildman–Crippen MR) is 34.3 cm³/mol. The van der Waals surface area contributed by atoms with Crippen LogP contribution in [-0.2, 0) is 19.5 Å². The van der Waals surface area contributed by atoms with Gasteiger partial charge in [-0.2, -0.15) is 9.90 Å². The maximum absolute atomic E-state index is 7.33. The molecular weight excluding hydrogens is 276 g/mol. The second-order valence-corrected chi connectivity index (χ2v) is 1.80. The van der Waals surface area contributed by atoms with Crippen molar-refractivity contribution in [2.75, 3.05) is 0 Å². The van der Waals surface area contributed by atoms with Crippen molar-refractivity contribution >= 4 is 64.4 Å².